The van der Waals surface area contributed by atoms with Crippen LogP contribution in [0, 0.1) is 5.92 Å². The molecular weight excluding hydrogens is 292 g/mol. The zero-order valence-corrected chi connectivity index (χ0v) is 13.4. The minimum absolute atomic E-state index is 0.0156. The van der Waals surface area contributed by atoms with Gasteiger partial charge in [-0.2, -0.15) is 0 Å². The lowest BCUT2D eigenvalue weighted by Gasteiger charge is -2.35. The predicted molar refractivity (Wildman–Crippen MR) is 80.7 cm³/mol. The average molecular weight is 318 g/mol. The minimum atomic E-state index is -3.02. The molecule has 2 aliphatic rings. The number of carbonyl (C=O) groups excluding carboxylic acids is 1. The molecule has 3 atom stereocenters. The Kier molecular flexibility index (Phi) is 5.27. The van der Waals surface area contributed by atoms with Crippen molar-refractivity contribution in [3.05, 3.63) is 0 Å². The molecule has 2 fully saturated rings. The summed E-state index contributed by atoms with van der Waals surface area (Å²) in [7, 11) is -3.02. The molecule has 3 N–H and O–H groups in total. The Morgan fingerprint density at radius 2 is 2.24 bits per heavy atom. The number of hydrogen-bond acceptors (Lipinski definition) is 5. The van der Waals surface area contributed by atoms with E-state index >= 15 is 0 Å². The molecule has 1 amide bonds. The molecule has 0 spiro atoms. The molecule has 2 rings (SSSR count). The van der Waals surface area contributed by atoms with E-state index in [-0.39, 0.29) is 36.4 Å². The molecule has 0 aromatic carbocycles. The van der Waals surface area contributed by atoms with Gasteiger partial charge >= 0.3 is 0 Å². The number of aliphatic hydroxyl groups is 1. The van der Waals surface area contributed by atoms with Crippen LogP contribution < -0.4 is 10.6 Å². The number of hydrogen-bond donors (Lipinski definition) is 3. The van der Waals surface area contributed by atoms with Crippen molar-refractivity contribution in [2.75, 3.05) is 24.6 Å². The summed E-state index contributed by atoms with van der Waals surface area (Å²) < 4.78 is 23.0. The van der Waals surface area contributed by atoms with Crippen molar-refractivity contribution in [1.29, 1.82) is 0 Å². The van der Waals surface area contributed by atoms with Gasteiger partial charge < -0.3 is 15.7 Å². The summed E-state index contributed by atoms with van der Waals surface area (Å²) in [4.78, 5) is 11.9. The first-order valence-electron chi connectivity index (χ1n) is 7.71. The van der Waals surface area contributed by atoms with Crippen LogP contribution >= 0.6 is 0 Å². The lowest BCUT2D eigenvalue weighted by Crippen LogP contribution is -2.50. The van der Waals surface area contributed by atoms with Crippen LogP contribution in [-0.2, 0) is 14.6 Å². The third-order valence-electron chi connectivity index (χ3n) is 4.42. The largest absolute Gasteiger partial charge is 0.388 e. The topological polar surface area (TPSA) is 95.5 Å². The molecular formula is C14H26N2O4S. The van der Waals surface area contributed by atoms with Crippen LogP contribution in [0.25, 0.3) is 0 Å². The van der Waals surface area contributed by atoms with Gasteiger partial charge in [-0.25, -0.2) is 8.42 Å². The van der Waals surface area contributed by atoms with Crippen LogP contribution in [0.4, 0.5) is 0 Å². The Labute approximate surface area is 126 Å². The van der Waals surface area contributed by atoms with Gasteiger partial charge in [-0.1, -0.05) is 19.8 Å². The molecule has 0 aromatic heterocycles. The molecule has 1 saturated heterocycles. The van der Waals surface area contributed by atoms with E-state index < -0.39 is 15.4 Å². The van der Waals surface area contributed by atoms with E-state index in [1.165, 1.54) is 0 Å². The van der Waals surface area contributed by atoms with Gasteiger partial charge in [-0.15, -0.1) is 0 Å². The Morgan fingerprint density at radius 1 is 1.48 bits per heavy atom. The van der Waals surface area contributed by atoms with Gasteiger partial charge in [0.05, 0.1) is 17.1 Å². The van der Waals surface area contributed by atoms with Gasteiger partial charge in [0.15, 0.2) is 9.84 Å². The third-order valence-corrected chi connectivity index (χ3v) is 6.15. The fourth-order valence-corrected chi connectivity index (χ4v) is 4.79. The van der Waals surface area contributed by atoms with Gasteiger partial charge in [0.2, 0.25) is 5.91 Å². The molecule has 0 radical (unpaired) electrons. The van der Waals surface area contributed by atoms with Crippen molar-refractivity contribution < 1.29 is 18.3 Å². The molecule has 6 nitrogen and oxygen atoms in total. The second kappa shape index (κ2) is 6.62. The number of nitrogens with one attached hydrogen (secondary N) is 2. The second-order valence-electron chi connectivity index (χ2n) is 6.67. The van der Waals surface area contributed by atoms with Crippen LogP contribution in [0.3, 0.4) is 0 Å². The molecule has 3 unspecified atom stereocenters. The number of rotatable bonds is 4. The molecule has 1 aliphatic carbocycles. The van der Waals surface area contributed by atoms with Crippen LogP contribution in [0.5, 0.6) is 0 Å². The van der Waals surface area contributed by atoms with E-state index in [0.29, 0.717) is 25.3 Å². The molecule has 0 bridgehead atoms. The van der Waals surface area contributed by atoms with Crippen molar-refractivity contribution in [2.45, 2.75) is 50.7 Å². The van der Waals surface area contributed by atoms with Crippen molar-refractivity contribution in [3.8, 4) is 0 Å². The van der Waals surface area contributed by atoms with Gasteiger partial charge in [-0.05, 0) is 18.8 Å². The van der Waals surface area contributed by atoms with Crippen molar-refractivity contribution in [1.82, 2.24) is 10.6 Å². The van der Waals surface area contributed by atoms with E-state index in [4.69, 9.17) is 0 Å². The Morgan fingerprint density at radius 3 is 2.90 bits per heavy atom. The van der Waals surface area contributed by atoms with Gasteiger partial charge in [0, 0.05) is 25.6 Å². The average Bonchev–Trinajstić information content (AvgIpc) is 2.35. The summed E-state index contributed by atoms with van der Waals surface area (Å²) in [6, 6.07) is -0.316. The first-order valence-corrected chi connectivity index (χ1v) is 9.53. The lowest BCUT2D eigenvalue weighted by molar-refractivity contribution is -0.123. The van der Waals surface area contributed by atoms with E-state index in [0.717, 1.165) is 12.8 Å². The summed E-state index contributed by atoms with van der Waals surface area (Å²) in [5.41, 5.74) is -0.806. The standard InChI is InChI=1S/C14H26N2O4S/c1-11-3-2-4-14(18,8-11)10-16-13(17)7-12-9-21(19,20)6-5-15-12/h11-12,15,18H,2-10H2,1H3,(H,16,17). The van der Waals surface area contributed by atoms with Crippen LogP contribution in [-0.4, -0.2) is 55.7 Å². The maximum Gasteiger partial charge on any atom is 0.221 e. The predicted octanol–water partition coefficient (Wildman–Crippen LogP) is -0.179. The van der Waals surface area contributed by atoms with Crippen molar-refractivity contribution >= 4 is 15.7 Å². The van der Waals surface area contributed by atoms with E-state index in [1.54, 1.807) is 0 Å². The maximum atomic E-state index is 11.9. The van der Waals surface area contributed by atoms with E-state index in [2.05, 4.69) is 17.6 Å². The summed E-state index contributed by atoms with van der Waals surface area (Å²) >= 11 is 0. The summed E-state index contributed by atoms with van der Waals surface area (Å²) in [5, 5.41) is 16.3. The Bertz CT molecular complexity index is 479. The smallest absolute Gasteiger partial charge is 0.221 e. The zero-order valence-electron chi connectivity index (χ0n) is 12.6. The molecule has 1 aliphatic heterocycles. The monoisotopic (exact) mass is 318 g/mol. The minimum Gasteiger partial charge on any atom is -0.388 e. The molecule has 122 valence electrons. The summed E-state index contributed by atoms with van der Waals surface area (Å²) in [6.45, 7) is 2.78. The molecule has 7 heteroatoms. The number of amides is 1. The van der Waals surface area contributed by atoms with Gasteiger partial charge in [-0.3, -0.25) is 4.79 Å². The van der Waals surface area contributed by atoms with Crippen LogP contribution in [0.1, 0.15) is 39.0 Å². The van der Waals surface area contributed by atoms with Crippen molar-refractivity contribution in [3.63, 3.8) is 0 Å². The summed E-state index contributed by atoms with van der Waals surface area (Å²) in [6.07, 6.45) is 3.68. The van der Waals surface area contributed by atoms with Crippen LogP contribution in [0.15, 0.2) is 0 Å². The third kappa shape index (κ3) is 5.23. The SMILES string of the molecule is CC1CCCC(O)(CNC(=O)CC2CS(=O)(=O)CCN2)C1. The maximum absolute atomic E-state index is 11.9. The first kappa shape index (κ1) is 16.7. The Balaban J connectivity index is 1.77. The molecule has 21 heavy (non-hydrogen) atoms. The fourth-order valence-electron chi connectivity index (χ4n) is 3.35. The first-order chi connectivity index (χ1) is 9.78. The van der Waals surface area contributed by atoms with Gasteiger partial charge in [0.25, 0.3) is 0 Å². The molecule has 1 heterocycles. The highest BCUT2D eigenvalue weighted by atomic mass is 32.2. The van der Waals surface area contributed by atoms with Crippen LogP contribution in [0.2, 0.25) is 0 Å². The van der Waals surface area contributed by atoms with Crippen molar-refractivity contribution in [2.24, 2.45) is 5.92 Å². The summed E-state index contributed by atoms with van der Waals surface area (Å²) in [5.74, 6) is 0.437. The number of carbonyl (C=O) groups is 1. The quantitative estimate of drug-likeness (QED) is 0.668. The fraction of sp³-hybridized carbons (Fsp3) is 0.929. The van der Waals surface area contributed by atoms with E-state index in [9.17, 15) is 18.3 Å². The van der Waals surface area contributed by atoms with Gasteiger partial charge in [0.1, 0.15) is 0 Å². The highest BCUT2D eigenvalue weighted by Gasteiger charge is 2.33. The number of sulfone groups is 1. The zero-order chi connectivity index (χ0) is 15.5. The Hall–Kier alpha value is -0.660. The normalized spacial score (nSPS) is 36.1. The van der Waals surface area contributed by atoms with E-state index in [1.807, 2.05) is 0 Å². The lowest BCUT2D eigenvalue weighted by atomic mass is 9.79. The second-order valence-corrected chi connectivity index (χ2v) is 8.90. The molecule has 0 aromatic rings. The highest BCUT2D eigenvalue weighted by molar-refractivity contribution is 7.91. The highest BCUT2D eigenvalue weighted by Crippen LogP contribution is 2.31. The molecule has 1 saturated carbocycles.